The number of hydrogen-bond acceptors (Lipinski definition) is 3. The van der Waals surface area contributed by atoms with E-state index in [1.807, 2.05) is 25.2 Å². The van der Waals surface area contributed by atoms with Crippen LogP contribution in [0.3, 0.4) is 0 Å². The fourth-order valence-electron chi connectivity index (χ4n) is 7.45. The number of unbranched alkanes of at least 4 members (excludes halogenated alkanes) is 3. The Hall–Kier alpha value is -2.36. The summed E-state index contributed by atoms with van der Waals surface area (Å²) < 4.78 is 5.72. The van der Waals surface area contributed by atoms with E-state index in [0.717, 1.165) is 38.5 Å². The summed E-state index contributed by atoms with van der Waals surface area (Å²) in [5.41, 5.74) is 4.24. The summed E-state index contributed by atoms with van der Waals surface area (Å²) in [7, 11) is 0. The Morgan fingerprint density at radius 1 is 0.927 bits per heavy atom. The van der Waals surface area contributed by atoms with Crippen LogP contribution in [0.15, 0.2) is 49.1 Å². The van der Waals surface area contributed by atoms with Gasteiger partial charge in [0, 0.05) is 12.8 Å². The molecular weight excluding hydrogens is 508 g/mol. The highest BCUT2D eigenvalue weighted by Crippen LogP contribution is 2.59. The standard InChI is InChI=1S/C31H46O2.C6H10O2/c1-3-5-7-9-29(32)33-28-16-12-26(13-17-28)25-10-14-27(15-11-25)31-22-19-30(20-23-31,21-24-31)18-8-6-4-2;1-2-3-4-5-6(7)8/h3,10-11,14-15,26,28H,1,4-9,12-13,16-24H2,2H3;2-3H,4-5H2,1H3,(H,7,8)/b;3-2+. The van der Waals surface area contributed by atoms with Crippen molar-refractivity contribution in [1.29, 1.82) is 0 Å². The van der Waals surface area contributed by atoms with E-state index in [2.05, 4.69) is 37.8 Å². The number of carboxylic acids is 1. The Balaban J connectivity index is 0.000000507. The number of carbonyl (C=O) groups is 2. The van der Waals surface area contributed by atoms with Crippen molar-refractivity contribution in [3.63, 3.8) is 0 Å². The van der Waals surface area contributed by atoms with Crippen LogP contribution >= 0.6 is 0 Å². The van der Waals surface area contributed by atoms with Crippen molar-refractivity contribution in [2.45, 2.75) is 153 Å². The van der Waals surface area contributed by atoms with Crippen molar-refractivity contribution in [3.8, 4) is 0 Å². The minimum atomic E-state index is -0.733. The summed E-state index contributed by atoms with van der Waals surface area (Å²) >= 11 is 0. The Morgan fingerprint density at radius 3 is 2.15 bits per heavy atom. The lowest BCUT2D eigenvalue weighted by Gasteiger charge is -2.54. The molecule has 0 amide bonds. The van der Waals surface area contributed by atoms with Gasteiger partial charge in [-0.15, -0.1) is 6.58 Å². The van der Waals surface area contributed by atoms with Gasteiger partial charge in [-0.25, -0.2) is 0 Å². The van der Waals surface area contributed by atoms with E-state index in [9.17, 15) is 9.59 Å². The average molecular weight is 565 g/mol. The fraction of sp³-hybridized carbons (Fsp3) is 0.676. The zero-order chi connectivity index (χ0) is 29.6. The van der Waals surface area contributed by atoms with Crippen LogP contribution in [0.4, 0.5) is 0 Å². The molecule has 0 atom stereocenters. The Morgan fingerprint density at radius 2 is 1.59 bits per heavy atom. The third-order valence-electron chi connectivity index (χ3n) is 10.2. The lowest BCUT2D eigenvalue weighted by molar-refractivity contribution is -0.150. The van der Waals surface area contributed by atoms with Crippen LogP contribution in [0.2, 0.25) is 0 Å². The molecule has 5 rings (SSSR count). The number of esters is 1. The monoisotopic (exact) mass is 564 g/mol. The maximum absolute atomic E-state index is 12.0. The lowest BCUT2D eigenvalue weighted by Crippen LogP contribution is -2.44. The summed E-state index contributed by atoms with van der Waals surface area (Å²) in [5.74, 6) is -0.141. The van der Waals surface area contributed by atoms with Crippen molar-refractivity contribution >= 4 is 11.9 Å². The molecule has 41 heavy (non-hydrogen) atoms. The zero-order valence-corrected chi connectivity index (χ0v) is 26.0. The van der Waals surface area contributed by atoms with E-state index in [0.29, 0.717) is 29.6 Å². The second-order valence-corrected chi connectivity index (χ2v) is 13.0. The minimum absolute atomic E-state index is 0.0294. The molecular formula is C37H56O4. The van der Waals surface area contributed by atoms with Crippen molar-refractivity contribution in [3.05, 3.63) is 60.2 Å². The van der Waals surface area contributed by atoms with Crippen LogP contribution < -0.4 is 0 Å². The second kappa shape index (κ2) is 16.9. The van der Waals surface area contributed by atoms with E-state index in [-0.39, 0.29) is 18.5 Å². The van der Waals surface area contributed by atoms with Gasteiger partial charge in [0.05, 0.1) is 0 Å². The number of hydrogen-bond donors (Lipinski definition) is 1. The number of aliphatic carboxylic acids is 1. The molecule has 0 aromatic heterocycles. The number of allylic oxidation sites excluding steroid dienone is 3. The van der Waals surface area contributed by atoms with E-state index >= 15 is 0 Å². The van der Waals surface area contributed by atoms with Gasteiger partial charge >= 0.3 is 11.9 Å². The highest BCUT2D eigenvalue weighted by atomic mass is 16.5. The van der Waals surface area contributed by atoms with Gasteiger partial charge in [-0.3, -0.25) is 9.59 Å². The Bertz CT molecular complexity index is 943. The highest BCUT2D eigenvalue weighted by Gasteiger charge is 2.48. The van der Waals surface area contributed by atoms with Crippen molar-refractivity contribution in [1.82, 2.24) is 0 Å². The third-order valence-corrected chi connectivity index (χ3v) is 10.2. The van der Waals surface area contributed by atoms with E-state index < -0.39 is 5.97 Å². The molecule has 0 heterocycles. The molecule has 0 saturated heterocycles. The summed E-state index contributed by atoms with van der Waals surface area (Å²) in [6.45, 7) is 7.91. The first-order chi connectivity index (χ1) is 19.8. The molecule has 2 bridgehead atoms. The summed E-state index contributed by atoms with van der Waals surface area (Å²) in [4.78, 5) is 21.9. The van der Waals surface area contributed by atoms with Crippen molar-refractivity contribution in [2.24, 2.45) is 5.41 Å². The van der Waals surface area contributed by atoms with Gasteiger partial charge < -0.3 is 9.84 Å². The molecule has 0 radical (unpaired) electrons. The third kappa shape index (κ3) is 10.1. The molecule has 1 aromatic rings. The first-order valence-electron chi connectivity index (χ1n) is 16.6. The Labute approximate surface area is 250 Å². The van der Waals surface area contributed by atoms with Gasteiger partial charge in [0.25, 0.3) is 0 Å². The molecule has 4 saturated carbocycles. The number of benzene rings is 1. The molecule has 4 fully saturated rings. The molecule has 0 aliphatic heterocycles. The largest absolute Gasteiger partial charge is 0.481 e. The number of fused-ring (bicyclic) bond motifs is 3. The van der Waals surface area contributed by atoms with E-state index in [4.69, 9.17) is 9.84 Å². The smallest absolute Gasteiger partial charge is 0.306 e. The van der Waals surface area contributed by atoms with E-state index in [1.54, 1.807) is 5.56 Å². The number of rotatable bonds is 14. The van der Waals surface area contributed by atoms with Crippen molar-refractivity contribution in [2.75, 3.05) is 0 Å². The topological polar surface area (TPSA) is 63.6 Å². The molecule has 4 aliphatic rings. The van der Waals surface area contributed by atoms with Gasteiger partial charge in [-0.1, -0.05) is 68.7 Å². The summed E-state index contributed by atoms with van der Waals surface area (Å²) in [6.07, 6.45) is 27.3. The zero-order valence-electron chi connectivity index (χ0n) is 26.0. The SMILES string of the molecule is C/C=C/CCC(=O)O.C=CCCCC(=O)OC1CCC(c2ccc(C34CCC(CCCCC)(CC3)CC4)cc2)CC1. The first kappa shape index (κ1) is 33.1. The predicted molar refractivity (Wildman–Crippen MR) is 169 cm³/mol. The molecule has 228 valence electrons. The highest BCUT2D eigenvalue weighted by molar-refractivity contribution is 5.69. The van der Waals surface area contributed by atoms with Crippen LogP contribution in [0.5, 0.6) is 0 Å². The van der Waals surface area contributed by atoms with Gasteiger partial charge in [0.15, 0.2) is 0 Å². The first-order valence-corrected chi connectivity index (χ1v) is 16.6. The van der Waals surface area contributed by atoms with Crippen LogP contribution in [0.25, 0.3) is 0 Å². The van der Waals surface area contributed by atoms with Crippen LogP contribution in [0, 0.1) is 5.41 Å². The maximum Gasteiger partial charge on any atom is 0.306 e. The van der Waals surface area contributed by atoms with Gasteiger partial charge in [0.2, 0.25) is 0 Å². The van der Waals surface area contributed by atoms with Gasteiger partial charge in [-0.05, 0) is 125 Å². The van der Waals surface area contributed by atoms with Gasteiger partial charge in [0.1, 0.15) is 6.10 Å². The lowest BCUT2D eigenvalue weighted by atomic mass is 9.51. The normalized spacial score (nSPS) is 27.2. The quantitative estimate of drug-likeness (QED) is 0.139. The molecule has 1 aromatic carbocycles. The average Bonchev–Trinajstić information content (AvgIpc) is 2.99. The fourth-order valence-corrected chi connectivity index (χ4v) is 7.45. The molecule has 0 spiro atoms. The number of ether oxygens (including phenoxy) is 1. The summed E-state index contributed by atoms with van der Waals surface area (Å²) in [5, 5.41) is 8.11. The molecule has 1 N–H and O–H groups in total. The molecule has 0 unspecified atom stereocenters. The Kier molecular flexibility index (Phi) is 13.7. The minimum Gasteiger partial charge on any atom is -0.481 e. The number of carboxylic acid groups (broad SMARTS) is 1. The van der Waals surface area contributed by atoms with Crippen molar-refractivity contribution < 1.29 is 19.4 Å². The van der Waals surface area contributed by atoms with Gasteiger partial charge in [-0.2, -0.15) is 0 Å². The summed E-state index contributed by atoms with van der Waals surface area (Å²) in [6, 6.07) is 9.79. The predicted octanol–water partition coefficient (Wildman–Crippen LogP) is 10.2. The van der Waals surface area contributed by atoms with Crippen LogP contribution in [0.1, 0.15) is 153 Å². The van der Waals surface area contributed by atoms with E-state index in [1.165, 1.54) is 69.8 Å². The number of carbonyl (C=O) groups excluding carboxylic acids is 1. The molecule has 4 heteroatoms. The maximum atomic E-state index is 12.0. The van der Waals surface area contributed by atoms with Crippen LogP contribution in [-0.2, 0) is 19.7 Å². The second-order valence-electron chi connectivity index (χ2n) is 13.0. The van der Waals surface area contributed by atoms with Crippen LogP contribution in [-0.4, -0.2) is 23.1 Å². The molecule has 4 aliphatic carbocycles. The molecule has 4 nitrogen and oxygen atoms in total.